The third-order valence-corrected chi connectivity index (χ3v) is 5.63. The van der Waals surface area contributed by atoms with Crippen molar-refractivity contribution in [2.24, 2.45) is 5.92 Å². The Labute approximate surface area is 117 Å². The Balaban J connectivity index is 1.61. The van der Waals surface area contributed by atoms with Gasteiger partial charge in [0.15, 0.2) is 0 Å². The molecular weight excluding hydrogens is 262 g/mol. The van der Waals surface area contributed by atoms with E-state index < -0.39 is 10.2 Å². The number of hydrogen-bond donors (Lipinski definition) is 2. The van der Waals surface area contributed by atoms with Crippen molar-refractivity contribution in [3.63, 3.8) is 0 Å². The van der Waals surface area contributed by atoms with Crippen LogP contribution in [0.4, 0.5) is 0 Å². The maximum Gasteiger partial charge on any atom is 0.279 e. The van der Waals surface area contributed by atoms with Crippen molar-refractivity contribution in [2.45, 2.75) is 51.0 Å². The zero-order chi connectivity index (χ0) is 13.7. The fraction of sp³-hybridized carbons (Fsp3) is 1.00. The first-order valence-electron chi connectivity index (χ1n) is 7.52. The minimum absolute atomic E-state index is 0.541. The van der Waals surface area contributed by atoms with E-state index in [1.54, 1.807) is 7.05 Å². The minimum Gasteiger partial charge on any atom is -0.314 e. The molecule has 0 atom stereocenters. The first-order chi connectivity index (χ1) is 9.08. The third-order valence-electron chi connectivity index (χ3n) is 4.10. The molecule has 19 heavy (non-hydrogen) atoms. The van der Waals surface area contributed by atoms with Gasteiger partial charge in [0, 0.05) is 26.2 Å². The molecule has 0 aromatic heterocycles. The van der Waals surface area contributed by atoms with Gasteiger partial charge in [0.2, 0.25) is 0 Å². The Kier molecular flexibility index (Phi) is 5.62. The van der Waals surface area contributed by atoms with Gasteiger partial charge in [-0.15, -0.1) is 0 Å². The van der Waals surface area contributed by atoms with Crippen LogP contribution in [0.15, 0.2) is 0 Å². The van der Waals surface area contributed by atoms with E-state index in [1.807, 2.05) is 0 Å². The van der Waals surface area contributed by atoms with Crippen molar-refractivity contribution < 1.29 is 8.42 Å². The lowest BCUT2D eigenvalue weighted by Gasteiger charge is -2.19. The summed E-state index contributed by atoms with van der Waals surface area (Å²) >= 11 is 0. The van der Waals surface area contributed by atoms with E-state index >= 15 is 0 Å². The van der Waals surface area contributed by atoms with Crippen LogP contribution in [0, 0.1) is 5.92 Å². The summed E-state index contributed by atoms with van der Waals surface area (Å²) in [6, 6.07) is 0.697. The fourth-order valence-corrected chi connectivity index (χ4v) is 3.60. The zero-order valence-corrected chi connectivity index (χ0v) is 12.7. The Morgan fingerprint density at radius 3 is 2.47 bits per heavy atom. The molecule has 0 spiro atoms. The lowest BCUT2D eigenvalue weighted by atomic mass is 10.1. The van der Waals surface area contributed by atoms with E-state index in [-0.39, 0.29) is 0 Å². The topological polar surface area (TPSA) is 61.4 Å². The maximum absolute atomic E-state index is 12.0. The summed E-state index contributed by atoms with van der Waals surface area (Å²) in [5.74, 6) is 0.541. The number of nitrogens with one attached hydrogen (secondary N) is 2. The second kappa shape index (κ2) is 7.02. The predicted octanol–water partition coefficient (Wildman–Crippen LogP) is 1.08. The lowest BCUT2D eigenvalue weighted by molar-refractivity contribution is 0.434. The highest BCUT2D eigenvalue weighted by molar-refractivity contribution is 7.87. The highest BCUT2D eigenvalue weighted by Gasteiger charge is 2.22. The predicted molar refractivity (Wildman–Crippen MR) is 77.2 cm³/mol. The largest absolute Gasteiger partial charge is 0.314 e. The van der Waals surface area contributed by atoms with Gasteiger partial charge >= 0.3 is 0 Å². The lowest BCUT2D eigenvalue weighted by Crippen LogP contribution is -2.41. The molecule has 2 fully saturated rings. The normalized spacial score (nSPS) is 21.4. The van der Waals surface area contributed by atoms with E-state index in [9.17, 15) is 8.42 Å². The summed E-state index contributed by atoms with van der Waals surface area (Å²) in [7, 11) is -1.62. The number of hydrogen-bond acceptors (Lipinski definition) is 3. The molecule has 5 nitrogen and oxygen atoms in total. The summed E-state index contributed by atoms with van der Waals surface area (Å²) < 4.78 is 28.2. The second-order valence-corrected chi connectivity index (χ2v) is 7.77. The third kappa shape index (κ3) is 5.38. The van der Waals surface area contributed by atoms with Crippen LogP contribution < -0.4 is 10.0 Å². The van der Waals surface area contributed by atoms with Crippen LogP contribution in [-0.2, 0) is 10.2 Å². The van der Waals surface area contributed by atoms with Gasteiger partial charge in [0.1, 0.15) is 0 Å². The molecule has 2 aliphatic rings. The molecule has 112 valence electrons. The number of nitrogens with zero attached hydrogens (tertiary/aromatic N) is 1. The van der Waals surface area contributed by atoms with Gasteiger partial charge in [-0.1, -0.05) is 12.8 Å². The van der Waals surface area contributed by atoms with Crippen molar-refractivity contribution in [1.82, 2.24) is 14.3 Å². The molecule has 2 aliphatic carbocycles. The van der Waals surface area contributed by atoms with Crippen LogP contribution in [-0.4, -0.2) is 45.4 Å². The summed E-state index contributed by atoms with van der Waals surface area (Å²) in [5, 5.41) is 3.40. The van der Waals surface area contributed by atoms with Crippen LogP contribution in [0.1, 0.15) is 44.9 Å². The van der Waals surface area contributed by atoms with Gasteiger partial charge in [-0.25, -0.2) is 4.72 Å². The molecule has 0 unspecified atom stereocenters. The van der Waals surface area contributed by atoms with Crippen molar-refractivity contribution in [1.29, 1.82) is 0 Å². The molecule has 0 heterocycles. The number of rotatable bonds is 9. The van der Waals surface area contributed by atoms with E-state index in [1.165, 1.54) is 30.0 Å². The summed E-state index contributed by atoms with van der Waals surface area (Å²) in [6.07, 6.45) is 8.24. The van der Waals surface area contributed by atoms with Crippen molar-refractivity contribution in [3.05, 3.63) is 0 Å². The molecule has 6 heteroatoms. The van der Waals surface area contributed by atoms with E-state index in [4.69, 9.17) is 0 Å². The summed E-state index contributed by atoms with van der Waals surface area (Å²) in [4.78, 5) is 0. The van der Waals surface area contributed by atoms with Gasteiger partial charge < -0.3 is 5.32 Å². The van der Waals surface area contributed by atoms with Crippen LogP contribution in [0.5, 0.6) is 0 Å². The monoisotopic (exact) mass is 289 g/mol. The SMILES string of the molecule is CN(CCCNC1CC1)S(=O)(=O)NCC1CCCC1. The van der Waals surface area contributed by atoms with Gasteiger partial charge in [0.05, 0.1) is 0 Å². The van der Waals surface area contributed by atoms with Crippen molar-refractivity contribution >= 4 is 10.2 Å². The van der Waals surface area contributed by atoms with E-state index in [0.29, 0.717) is 25.0 Å². The molecule has 2 rings (SSSR count). The average Bonchev–Trinajstić information content (AvgIpc) is 3.05. The minimum atomic E-state index is -3.28. The quantitative estimate of drug-likeness (QED) is 0.625. The molecular formula is C13H27N3O2S. The Morgan fingerprint density at radius 2 is 1.84 bits per heavy atom. The van der Waals surface area contributed by atoms with Crippen LogP contribution >= 0.6 is 0 Å². The van der Waals surface area contributed by atoms with Gasteiger partial charge in [0.25, 0.3) is 10.2 Å². The molecule has 0 saturated heterocycles. The summed E-state index contributed by atoms with van der Waals surface area (Å²) in [6.45, 7) is 2.10. The Hall–Kier alpha value is -0.170. The molecule has 0 aromatic rings. The second-order valence-electron chi connectivity index (χ2n) is 5.91. The molecule has 0 aromatic carbocycles. The first-order valence-corrected chi connectivity index (χ1v) is 8.96. The molecule has 2 saturated carbocycles. The Morgan fingerprint density at radius 1 is 1.16 bits per heavy atom. The van der Waals surface area contributed by atoms with Gasteiger partial charge in [-0.2, -0.15) is 12.7 Å². The highest BCUT2D eigenvalue weighted by Crippen LogP contribution is 2.24. The molecule has 0 amide bonds. The average molecular weight is 289 g/mol. The molecule has 0 bridgehead atoms. The molecule has 0 radical (unpaired) electrons. The molecule has 2 N–H and O–H groups in total. The van der Waals surface area contributed by atoms with E-state index in [2.05, 4.69) is 10.0 Å². The standard InChI is InChI=1S/C13H27N3O2S/c1-16(10-4-9-14-13-7-8-13)19(17,18)15-11-12-5-2-3-6-12/h12-15H,2-11H2,1H3. The van der Waals surface area contributed by atoms with Crippen molar-refractivity contribution in [3.8, 4) is 0 Å². The highest BCUT2D eigenvalue weighted by atomic mass is 32.2. The van der Waals surface area contributed by atoms with Crippen LogP contribution in [0.25, 0.3) is 0 Å². The van der Waals surface area contributed by atoms with Gasteiger partial charge in [-0.05, 0) is 44.6 Å². The van der Waals surface area contributed by atoms with Crippen molar-refractivity contribution in [2.75, 3.05) is 26.7 Å². The van der Waals surface area contributed by atoms with Crippen LogP contribution in [0.2, 0.25) is 0 Å². The molecule has 0 aliphatic heterocycles. The maximum atomic E-state index is 12.0. The van der Waals surface area contributed by atoms with E-state index in [0.717, 1.165) is 25.8 Å². The Bertz CT molecular complexity index is 362. The first kappa shape index (κ1) is 15.2. The van der Waals surface area contributed by atoms with Gasteiger partial charge in [-0.3, -0.25) is 0 Å². The smallest absolute Gasteiger partial charge is 0.279 e. The fourth-order valence-electron chi connectivity index (χ4n) is 2.56. The zero-order valence-electron chi connectivity index (χ0n) is 11.9. The summed E-state index contributed by atoms with van der Waals surface area (Å²) in [5.41, 5.74) is 0. The van der Waals surface area contributed by atoms with Crippen LogP contribution in [0.3, 0.4) is 0 Å².